The van der Waals surface area contributed by atoms with Gasteiger partial charge in [-0.25, -0.2) is 4.79 Å². The van der Waals surface area contributed by atoms with Crippen LogP contribution in [0, 0.1) is 5.92 Å². The molecule has 0 amide bonds. The van der Waals surface area contributed by atoms with Gasteiger partial charge in [0, 0.05) is 13.7 Å². The number of methoxy groups -OCH3 is 1. The van der Waals surface area contributed by atoms with Gasteiger partial charge in [-0.1, -0.05) is 48.5 Å². The summed E-state index contributed by atoms with van der Waals surface area (Å²) < 4.78 is 24.0. The zero-order valence-electron chi connectivity index (χ0n) is 21.4. The van der Waals surface area contributed by atoms with Crippen molar-refractivity contribution in [2.24, 2.45) is 11.7 Å². The van der Waals surface area contributed by atoms with Gasteiger partial charge in [0.2, 0.25) is 0 Å². The van der Waals surface area contributed by atoms with Crippen molar-refractivity contribution >= 4 is 5.97 Å². The fourth-order valence-corrected chi connectivity index (χ4v) is 4.99. The van der Waals surface area contributed by atoms with Crippen molar-refractivity contribution in [3.05, 3.63) is 71.8 Å². The molecule has 4 rings (SSSR count). The topological polar surface area (TPSA) is 92.5 Å². The van der Waals surface area contributed by atoms with Crippen LogP contribution in [0.5, 0.6) is 0 Å². The lowest BCUT2D eigenvalue weighted by molar-refractivity contribution is -0.229. The molecule has 0 saturated carbocycles. The maximum Gasteiger partial charge on any atom is 0.357 e. The molecule has 2 aliphatic heterocycles. The summed E-state index contributed by atoms with van der Waals surface area (Å²) in [5.41, 5.74) is 7.43. The number of rotatable bonds is 12. The third kappa shape index (κ3) is 6.91. The van der Waals surface area contributed by atoms with E-state index in [1.54, 1.807) is 24.3 Å². The average molecular weight is 499 g/mol. The Morgan fingerprint density at radius 2 is 1.72 bits per heavy atom. The first-order valence-corrected chi connectivity index (χ1v) is 12.7. The van der Waals surface area contributed by atoms with Gasteiger partial charge in [0.15, 0.2) is 12.1 Å². The molecular weight excluding hydrogens is 460 g/mol. The van der Waals surface area contributed by atoms with Gasteiger partial charge in [0.1, 0.15) is 12.2 Å². The van der Waals surface area contributed by atoms with Crippen molar-refractivity contribution < 1.29 is 28.6 Å². The number of hydrogen-bond acceptors (Lipinski definition) is 8. The number of hydroxylamine groups is 2. The predicted molar refractivity (Wildman–Crippen MR) is 135 cm³/mol. The summed E-state index contributed by atoms with van der Waals surface area (Å²) in [6.07, 6.45) is 1.24. The first-order valence-electron chi connectivity index (χ1n) is 12.7. The Morgan fingerprint density at radius 1 is 1.06 bits per heavy atom. The number of ether oxygens (including phenoxy) is 4. The minimum absolute atomic E-state index is 0.148. The van der Waals surface area contributed by atoms with E-state index in [-0.39, 0.29) is 30.2 Å². The van der Waals surface area contributed by atoms with E-state index in [2.05, 4.69) is 0 Å². The fraction of sp³-hybridized carbons (Fsp3) is 0.536. The van der Waals surface area contributed by atoms with Crippen LogP contribution in [-0.2, 0) is 30.3 Å². The standard InChI is InChI=1S/C28H38N2O6/c1-28(2)34-24-23(33-27(32-3)25(24)35-28)17-21(13-10-16-29)19-30(18-20-11-6-4-7-12-20)36-26(31)22-14-8-5-9-15-22/h4-9,11-12,14-15,21,23-25,27H,10,13,16-19,29H2,1-3H3/t21-,23+,24?,25?,27+/m0/s1. The number of hydrogen-bond donors (Lipinski definition) is 1. The van der Waals surface area contributed by atoms with Crippen molar-refractivity contribution in [1.82, 2.24) is 5.06 Å². The third-order valence-electron chi connectivity index (χ3n) is 6.61. The largest absolute Gasteiger partial charge is 0.364 e. The quantitative estimate of drug-likeness (QED) is 0.441. The highest BCUT2D eigenvalue weighted by molar-refractivity contribution is 5.89. The Hall–Kier alpha value is -2.33. The molecule has 2 saturated heterocycles. The fourth-order valence-electron chi connectivity index (χ4n) is 4.99. The maximum atomic E-state index is 12.9. The van der Waals surface area contributed by atoms with E-state index in [9.17, 15) is 4.79 Å². The molecule has 2 aliphatic rings. The second-order valence-electron chi connectivity index (χ2n) is 9.93. The van der Waals surface area contributed by atoms with Crippen molar-refractivity contribution in [3.8, 4) is 0 Å². The van der Waals surface area contributed by atoms with Crippen molar-refractivity contribution in [3.63, 3.8) is 0 Å². The highest BCUT2D eigenvalue weighted by atomic mass is 16.8. The predicted octanol–water partition coefficient (Wildman–Crippen LogP) is 3.90. The number of nitrogens with two attached hydrogens (primary N) is 1. The second kappa shape index (κ2) is 12.3. The molecule has 2 unspecified atom stereocenters. The van der Waals surface area contributed by atoms with Crippen LogP contribution >= 0.6 is 0 Å². The number of benzene rings is 2. The summed E-state index contributed by atoms with van der Waals surface area (Å²) in [4.78, 5) is 18.8. The van der Waals surface area contributed by atoms with E-state index >= 15 is 0 Å². The number of carbonyl (C=O) groups is 1. The van der Waals surface area contributed by atoms with Crippen LogP contribution in [0.25, 0.3) is 0 Å². The summed E-state index contributed by atoms with van der Waals surface area (Å²) in [6, 6.07) is 19.0. The van der Waals surface area contributed by atoms with Crippen molar-refractivity contribution in [2.75, 3.05) is 20.2 Å². The van der Waals surface area contributed by atoms with Gasteiger partial charge in [-0.3, -0.25) is 0 Å². The SMILES string of the molecule is CO[C@@H]1O[C@H](C[C@H](CCCN)CN(Cc2ccccc2)OC(=O)c2ccccc2)C2OC(C)(C)OC21. The third-order valence-corrected chi connectivity index (χ3v) is 6.61. The average Bonchev–Trinajstić information content (AvgIpc) is 3.36. The summed E-state index contributed by atoms with van der Waals surface area (Å²) in [6.45, 7) is 5.41. The molecule has 8 nitrogen and oxygen atoms in total. The van der Waals surface area contributed by atoms with Crippen LogP contribution in [0.3, 0.4) is 0 Å². The summed E-state index contributed by atoms with van der Waals surface area (Å²) in [5, 5.41) is 1.75. The van der Waals surface area contributed by atoms with E-state index in [1.807, 2.05) is 62.4 Å². The number of nitrogens with zero attached hydrogens (tertiary/aromatic N) is 1. The number of fused-ring (bicyclic) bond motifs is 1. The zero-order valence-corrected chi connectivity index (χ0v) is 21.4. The molecule has 2 N–H and O–H groups in total. The first kappa shape index (κ1) is 26.7. The van der Waals surface area contributed by atoms with E-state index in [4.69, 9.17) is 29.5 Å². The summed E-state index contributed by atoms with van der Waals surface area (Å²) >= 11 is 0. The summed E-state index contributed by atoms with van der Waals surface area (Å²) in [7, 11) is 1.62. The minimum Gasteiger partial charge on any atom is -0.364 e. The zero-order chi connectivity index (χ0) is 25.5. The van der Waals surface area contributed by atoms with Crippen molar-refractivity contribution in [1.29, 1.82) is 0 Å². The Morgan fingerprint density at radius 3 is 2.39 bits per heavy atom. The molecule has 8 heteroatoms. The molecule has 36 heavy (non-hydrogen) atoms. The van der Waals surface area contributed by atoms with Gasteiger partial charge < -0.3 is 29.5 Å². The molecule has 2 aromatic carbocycles. The van der Waals surface area contributed by atoms with Crippen LogP contribution < -0.4 is 5.73 Å². The van der Waals surface area contributed by atoms with Crippen LogP contribution in [0.4, 0.5) is 0 Å². The van der Waals surface area contributed by atoms with Crippen LogP contribution in [0.15, 0.2) is 60.7 Å². The molecular formula is C28H38N2O6. The smallest absolute Gasteiger partial charge is 0.357 e. The maximum absolute atomic E-state index is 12.9. The van der Waals surface area contributed by atoms with Crippen LogP contribution in [-0.4, -0.2) is 61.6 Å². The Kier molecular flexibility index (Phi) is 9.11. The van der Waals surface area contributed by atoms with Crippen LogP contribution in [0.2, 0.25) is 0 Å². The van der Waals surface area contributed by atoms with Gasteiger partial charge in [-0.05, 0) is 63.3 Å². The highest BCUT2D eigenvalue weighted by Gasteiger charge is 2.55. The Balaban J connectivity index is 1.49. The van der Waals surface area contributed by atoms with Gasteiger partial charge in [-0.2, -0.15) is 0 Å². The Bertz CT molecular complexity index is 957. The molecule has 196 valence electrons. The lowest BCUT2D eigenvalue weighted by Gasteiger charge is -2.29. The molecule has 5 atom stereocenters. The van der Waals surface area contributed by atoms with Gasteiger partial charge in [0.25, 0.3) is 0 Å². The lowest BCUT2D eigenvalue weighted by Crippen LogP contribution is -2.36. The normalized spacial score (nSPS) is 25.6. The first-order chi connectivity index (χ1) is 17.4. The van der Waals surface area contributed by atoms with Gasteiger partial charge >= 0.3 is 5.97 Å². The van der Waals surface area contributed by atoms with Gasteiger partial charge in [0.05, 0.1) is 18.2 Å². The molecule has 2 heterocycles. The number of carbonyl (C=O) groups excluding carboxylic acids is 1. The molecule has 0 radical (unpaired) electrons. The molecule has 0 aliphatic carbocycles. The van der Waals surface area contributed by atoms with E-state index < -0.39 is 12.1 Å². The minimum atomic E-state index is -0.689. The lowest BCUT2D eigenvalue weighted by atomic mass is 9.93. The van der Waals surface area contributed by atoms with E-state index in [0.29, 0.717) is 31.6 Å². The van der Waals surface area contributed by atoms with Crippen LogP contribution in [0.1, 0.15) is 49.0 Å². The Labute approximate surface area is 213 Å². The monoisotopic (exact) mass is 498 g/mol. The molecule has 0 aromatic heterocycles. The highest BCUT2D eigenvalue weighted by Crippen LogP contribution is 2.41. The van der Waals surface area contributed by atoms with E-state index in [1.165, 1.54) is 0 Å². The van der Waals surface area contributed by atoms with Gasteiger partial charge in [-0.15, -0.1) is 5.06 Å². The van der Waals surface area contributed by atoms with E-state index in [0.717, 1.165) is 18.4 Å². The summed E-state index contributed by atoms with van der Waals surface area (Å²) in [5.74, 6) is -0.921. The molecule has 2 fully saturated rings. The molecule has 0 spiro atoms. The second-order valence-corrected chi connectivity index (χ2v) is 9.93. The van der Waals surface area contributed by atoms with Crippen molar-refractivity contribution in [2.45, 2.75) is 70.0 Å². The molecule has 0 bridgehead atoms. The molecule has 2 aromatic rings.